The van der Waals surface area contributed by atoms with Crippen molar-refractivity contribution in [2.24, 2.45) is 0 Å². The van der Waals surface area contributed by atoms with E-state index in [2.05, 4.69) is 16.4 Å². The van der Waals surface area contributed by atoms with Crippen LogP contribution in [0.3, 0.4) is 0 Å². The van der Waals surface area contributed by atoms with Gasteiger partial charge in [-0.25, -0.2) is 0 Å². The van der Waals surface area contributed by atoms with Gasteiger partial charge in [0.1, 0.15) is 0 Å². The van der Waals surface area contributed by atoms with Crippen molar-refractivity contribution in [1.82, 2.24) is 10.3 Å². The van der Waals surface area contributed by atoms with Gasteiger partial charge in [0.05, 0.1) is 5.69 Å². The second-order valence-corrected chi connectivity index (χ2v) is 5.42. The van der Waals surface area contributed by atoms with E-state index >= 15 is 0 Å². The highest BCUT2D eigenvalue weighted by Gasteiger charge is 2.20. The van der Waals surface area contributed by atoms with Crippen LogP contribution in [-0.4, -0.2) is 28.4 Å². The summed E-state index contributed by atoms with van der Waals surface area (Å²) in [6.45, 7) is 3.46. The molecule has 0 aromatic carbocycles. The van der Waals surface area contributed by atoms with Crippen LogP contribution in [0.4, 0.5) is 0 Å². The summed E-state index contributed by atoms with van der Waals surface area (Å²) < 4.78 is 0. The first-order valence-corrected chi connectivity index (χ1v) is 6.63. The highest BCUT2D eigenvalue weighted by Crippen LogP contribution is 2.26. The lowest BCUT2D eigenvalue weighted by Gasteiger charge is -2.24. The van der Waals surface area contributed by atoms with Gasteiger partial charge in [0.2, 0.25) is 0 Å². The van der Waals surface area contributed by atoms with E-state index in [4.69, 9.17) is 0 Å². The van der Waals surface area contributed by atoms with E-state index in [1.807, 2.05) is 18.2 Å². The van der Waals surface area contributed by atoms with Crippen LogP contribution in [0.2, 0.25) is 0 Å². The number of nitrogens with one attached hydrogen (secondary N) is 1. The molecule has 1 atom stereocenters. The Labute approximate surface area is 130 Å². The first kappa shape index (κ1) is 18.4. The van der Waals surface area contributed by atoms with Gasteiger partial charge in [0.15, 0.2) is 5.12 Å². The minimum Gasteiger partial charge on any atom is -0.313 e. The fourth-order valence-corrected chi connectivity index (χ4v) is 2.83. The lowest BCUT2D eigenvalue weighted by Crippen LogP contribution is -2.32. The van der Waals surface area contributed by atoms with Crippen LogP contribution in [0.5, 0.6) is 0 Å². The lowest BCUT2D eigenvalue weighted by atomic mass is 10.0. The second kappa shape index (κ2) is 9.37. The van der Waals surface area contributed by atoms with Crippen LogP contribution in [0.1, 0.15) is 19.0 Å². The molecular weight excluding hydrogens is 303 g/mol. The molecule has 0 saturated carbocycles. The van der Waals surface area contributed by atoms with E-state index in [-0.39, 0.29) is 29.9 Å². The molecule has 1 aliphatic heterocycles. The number of carbonyl (C=O) groups excluding carboxylic acids is 1. The summed E-state index contributed by atoms with van der Waals surface area (Å²) in [6.07, 6.45) is 4.88. The van der Waals surface area contributed by atoms with E-state index in [0.29, 0.717) is 5.25 Å². The molecule has 1 fully saturated rings. The Bertz CT molecular complexity index is 426. The Kier molecular flexibility index (Phi) is 9.10. The first-order valence-electron chi connectivity index (χ1n) is 5.75. The van der Waals surface area contributed by atoms with Crippen molar-refractivity contribution in [2.45, 2.75) is 18.6 Å². The minimum absolute atomic E-state index is 0. The van der Waals surface area contributed by atoms with Gasteiger partial charge in [-0.2, -0.15) is 0 Å². The number of piperidine rings is 1. The average Bonchev–Trinajstić information content (AvgIpc) is 2.32. The molecule has 1 N–H and O–H groups in total. The molecule has 0 bridgehead atoms. The maximum atomic E-state index is 11.2. The molecule has 3 nitrogen and oxygen atoms in total. The fraction of sp³-hybridized carbons (Fsp3) is 0.385. The van der Waals surface area contributed by atoms with Crippen LogP contribution in [0, 0.1) is 0 Å². The quantitative estimate of drug-likeness (QED) is 0.909. The van der Waals surface area contributed by atoms with Crippen LogP contribution in [0.25, 0.3) is 6.08 Å². The molecule has 2 heterocycles. The van der Waals surface area contributed by atoms with Crippen LogP contribution in [-0.2, 0) is 4.79 Å². The SMILES string of the molecule is CC(=O)SC1CCNC/C1=C/c1ccccn1.Cl.Cl. The molecule has 0 radical (unpaired) electrons. The van der Waals surface area contributed by atoms with Gasteiger partial charge in [-0.15, -0.1) is 24.8 Å². The minimum atomic E-state index is 0. The van der Waals surface area contributed by atoms with Crippen molar-refractivity contribution in [3.05, 3.63) is 35.7 Å². The van der Waals surface area contributed by atoms with Crippen molar-refractivity contribution in [3.63, 3.8) is 0 Å². The molecule has 0 spiro atoms. The number of rotatable bonds is 2. The summed E-state index contributed by atoms with van der Waals surface area (Å²) in [5, 5.41) is 3.82. The molecule has 19 heavy (non-hydrogen) atoms. The molecule has 2 rings (SSSR count). The molecule has 0 aliphatic carbocycles. The third kappa shape index (κ3) is 5.95. The maximum Gasteiger partial charge on any atom is 0.186 e. The molecule has 1 aromatic rings. The van der Waals surface area contributed by atoms with E-state index in [1.165, 1.54) is 17.3 Å². The largest absolute Gasteiger partial charge is 0.313 e. The van der Waals surface area contributed by atoms with E-state index in [0.717, 1.165) is 25.2 Å². The second-order valence-electron chi connectivity index (χ2n) is 4.04. The Hall–Kier alpha value is -0.550. The monoisotopic (exact) mass is 320 g/mol. The topological polar surface area (TPSA) is 42.0 Å². The number of hydrogen-bond donors (Lipinski definition) is 1. The Morgan fingerprint density at radius 2 is 2.26 bits per heavy atom. The van der Waals surface area contributed by atoms with Gasteiger partial charge >= 0.3 is 0 Å². The average molecular weight is 321 g/mol. The summed E-state index contributed by atoms with van der Waals surface area (Å²) in [6, 6.07) is 5.86. The third-order valence-electron chi connectivity index (χ3n) is 2.66. The molecule has 106 valence electrons. The van der Waals surface area contributed by atoms with E-state index < -0.39 is 0 Å². The zero-order chi connectivity index (χ0) is 12.1. The fourth-order valence-electron chi connectivity index (χ4n) is 1.90. The summed E-state index contributed by atoms with van der Waals surface area (Å²) in [5.74, 6) is 0. The highest BCUT2D eigenvalue weighted by molar-refractivity contribution is 8.14. The summed E-state index contributed by atoms with van der Waals surface area (Å²) in [5.41, 5.74) is 2.22. The number of nitrogens with zero attached hydrogens (tertiary/aromatic N) is 1. The number of hydrogen-bond acceptors (Lipinski definition) is 4. The van der Waals surface area contributed by atoms with Crippen molar-refractivity contribution < 1.29 is 4.79 Å². The molecule has 6 heteroatoms. The van der Waals surface area contributed by atoms with Gasteiger partial charge in [-0.3, -0.25) is 9.78 Å². The third-order valence-corrected chi connectivity index (χ3v) is 3.81. The maximum absolute atomic E-state index is 11.2. The van der Waals surface area contributed by atoms with Crippen LogP contribution in [0.15, 0.2) is 30.0 Å². The number of thioether (sulfide) groups is 1. The van der Waals surface area contributed by atoms with Gasteiger partial charge < -0.3 is 5.32 Å². The zero-order valence-corrected chi connectivity index (χ0v) is 13.1. The van der Waals surface area contributed by atoms with Gasteiger partial charge in [-0.1, -0.05) is 17.8 Å². The van der Waals surface area contributed by atoms with Crippen molar-refractivity contribution in [1.29, 1.82) is 0 Å². The molecule has 1 saturated heterocycles. The summed E-state index contributed by atoms with van der Waals surface area (Å²) >= 11 is 1.43. The van der Waals surface area contributed by atoms with Gasteiger partial charge in [-0.05, 0) is 36.7 Å². The van der Waals surface area contributed by atoms with Crippen LogP contribution < -0.4 is 5.32 Å². The lowest BCUT2D eigenvalue weighted by molar-refractivity contribution is -0.109. The van der Waals surface area contributed by atoms with Gasteiger partial charge in [0, 0.05) is 24.9 Å². The number of pyridine rings is 1. The zero-order valence-electron chi connectivity index (χ0n) is 10.7. The molecule has 1 aliphatic rings. The molecular formula is C13H18Cl2N2OS. The Morgan fingerprint density at radius 1 is 1.47 bits per heavy atom. The predicted octanol–water partition coefficient (Wildman–Crippen LogP) is 2.95. The van der Waals surface area contributed by atoms with Crippen molar-refractivity contribution >= 4 is 47.8 Å². The van der Waals surface area contributed by atoms with E-state index in [1.54, 1.807) is 13.1 Å². The van der Waals surface area contributed by atoms with Crippen molar-refractivity contribution in [3.8, 4) is 0 Å². The van der Waals surface area contributed by atoms with Gasteiger partial charge in [0.25, 0.3) is 0 Å². The summed E-state index contributed by atoms with van der Waals surface area (Å²) in [7, 11) is 0. The Balaban J connectivity index is 0.00000162. The first-order chi connectivity index (χ1) is 8.25. The number of halogens is 2. The predicted molar refractivity (Wildman–Crippen MR) is 86.3 cm³/mol. The normalized spacial score (nSPS) is 20.3. The molecule has 0 amide bonds. The van der Waals surface area contributed by atoms with E-state index in [9.17, 15) is 4.79 Å². The summed E-state index contributed by atoms with van der Waals surface area (Å²) in [4.78, 5) is 15.5. The van der Waals surface area contributed by atoms with Crippen LogP contribution >= 0.6 is 36.6 Å². The Morgan fingerprint density at radius 3 is 2.89 bits per heavy atom. The number of carbonyl (C=O) groups is 1. The van der Waals surface area contributed by atoms with Crippen molar-refractivity contribution in [2.75, 3.05) is 13.1 Å². The number of aromatic nitrogens is 1. The standard InChI is InChI=1S/C13H16N2OS.2ClH/c1-10(16)17-13-5-7-14-9-11(13)8-12-4-2-3-6-15-12;;/h2-4,6,8,13-14H,5,7,9H2,1H3;2*1H/b11-8-;;. The highest BCUT2D eigenvalue weighted by atomic mass is 35.5. The molecule has 1 unspecified atom stereocenters. The molecule has 1 aromatic heterocycles. The smallest absolute Gasteiger partial charge is 0.186 e.